The molecule has 0 aromatic rings. The molecule has 0 saturated heterocycles. The molecular weight excluding hydrogens is 498 g/mol. The van der Waals surface area contributed by atoms with E-state index in [4.69, 9.17) is 15.3 Å². The summed E-state index contributed by atoms with van der Waals surface area (Å²) in [7, 11) is 0. The summed E-state index contributed by atoms with van der Waals surface area (Å²) in [6, 6.07) is 0. The number of unbranched alkanes of at least 4 members (excludes halogenated alkanes) is 24. The quantitative estimate of drug-likeness (QED) is 0.0700. The zero-order valence-electron chi connectivity index (χ0n) is 27.3. The minimum atomic E-state index is -0.659. The van der Waals surface area contributed by atoms with Gasteiger partial charge in [0.25, 0.3) is 0 Å². The summed E-state index contributed by atoms with van der Waals surface area (Å²) >= 11 is 0. The van der Waals surface area contributed by atoms with E-state index in [1.165, 1.54) is 154 Å². The van der Waals surface area contributed by atoms with Crippen molar-refractivity contribution in [2.45, 2.75) is 187 Å². The Bertz CT molecular complexity index is 455. The molecule has 0 radical (unpaired) electrons. The van der Waals surface area contributed by atoms with Crippen LogP contribution in [0.4, 0.5) is 0 Å². The lowest BCUT2D eigenvalue weighted by atomic mass is 10.0. The van der Waals surface area contributed by atoms with E-state index in [0.29, 0.717) is 19.5 Å². The highest BCUT2D eigenvalue weighted by Crippen LogP contribution is 2.14. The van der Waals surface area contributed by atoms with E-state index < -0.39 is 5.97 Å². The van der Waals surface area contributed by atoms with Crippen LogP contribution in [0.2, 0.25) is 0 Å². The van der Waals surface area contributed by atoms with Crippen molar-refractivity contribution in [2.75, 3.05) is 32.8 Å². The van der Waals surface area contributed by atoms with E-state index in [1.807, 2.05) is 0 Å². The molecule has 5 nitrogen and oxygen atoms in total. The fraction of sp³-hybridized carbons (Fsp3) is 0.971. The molecule has 0 fully saturated rings. The van der Waals surface area contributed by atoms with Crippen molar-refractivity contribution < 1.29 is 20.1 Å². The summed E-state index contributed by atoms with van der Waals surface area (Å²) in [5.74, 6) is -0.659. The molecule has 5 heteroatoms. The van der Waals surface area contributed by atoms with Gasteiger partial charge >= 0.3 is 5.97 Å². The van der Waals surface area contributed by atoms with E-state index in [2.05, 4.69) is 18.7 Å². The van der Waals surface area contributed by atoms with Crippen LogP contribution in [0.1, 0.15) is 187 Å². The van der Waals surface area contributed by atoms with Gasteiger partial charge in [0, 0.05) is 19.5 Å². The standard InChI is InChI=1S/C23H49NO2.C12H24O2/c1-2-3-4-5-6-7-8-9-10-11-12-13-14-15-16-17-18-19-24(20-22-25)21-23-26;1-2-3-4-5-6-7-8-9-10-11-12(13)14/h25-26H,2-23H2,1H3;2-11H2,1H3,(H,13,14). The Kier molecular flexibility index (Phi) is 39.8. The fourth-order valence-electron chi connectivity index (χ4n) is 5.27. The lowest BCUT2D eigenvalue weighted by molar-refractivity contribution is -0.137. The van der Waals surface area contributed by atoms with Crippen LogP contribution in [0.5, 0.6) is 0 Å². The van der Waals surface area contributed by atoms with Crippen LogP contribution in [0.25, 0.3) is 0 Å². The Morgan fingerprint density at radius 3 is 0.975 bits per heavy atom. The molecule has 40 heavy (non-hydrogen) atoms. The van der Waals surface area contributed by atoms with Crippen LogP contribution in [0.3, 0.4) is 0 Å². The summed E-state index contributed by atoms with van der Waals surface area (Å²) < 4.78 is 0. The molecule has 0 rings (SSSR count). The van der Waals surface area contributed by atoms with Gasteiger partial charge in [0.1, 0.15) is 0 Å². The fourth-order valence-corrected chi connectivity index (χ4v) is 5.27. The Morgan fingerprint density at radius 2 is 0.700 bits per heavy atom. The van der Waals surface area contributed by atoms with Gasteiger partial charge in [-0.1, -0.05) is 168 Å². The van der Waals surface area contributed by atoms with E-state index in [9.17, 15) is 4.79 Å². The first-order valence-corrected chi connectivity index (χ1v) is 17.8. The van der Waals surface area contributed by atoms with E-state index in [-0.39, 0.29) is 13.2 Å². The third-order valence-corrected chi connectivity index (χ3v) is 7.90. The average Bonchev–Trinajstić information content (AvgIpc) is 2.94. The Labute approximate surface area is 250 Å². The van der Waals surface area contributed by atoms with Gasteiger partial charge in [-0.3, -0.25) is 9.69 Å². The number of aliphatic carboxylic acids is 1. The molecule has 0 aliphatic rings. The molecule has 0 bridgehead atoms. The number of nitrogens with zero attached hydrogens (tertiary/aromatic N) is 1. The molecular formula is C35H73NO4. The maximum absolute atomic E-state index is 10.2. The minimum absolute atomic E-state index is 0.193. The second-order valence-electron chi connectivity index (χ2n) is 11.9. The van der Waals surface area contributed by atoms with Gasteiger partial charge in [0.05, 0.1) is 13.2 Å². The zero-order valence-corrected chi connectivity index (χ0v) is 27.3. The highest BCUT2D eigenvalue weighted by Gasteiger charge is 2.02. The first-order chi connectivity index (χ1) is 19.6. The molecule has 0 aromatic heterocycles. The van der Waals surface area contributed by atoms with Gasteiger partial charge in [0.2, 0.25) is 0 Å². The number of carboxylic acid groups (broad SMARTS) is 1. The first kappa shape index (κ1) is 41.5. The molecule has 0 spiro atoms. The number of hydrogen-bond donors (Lipinski definition) is 3. The smallest absolute Gasteiger partial charge is 0.303 e. The third kappa shape index (κ3) is 39.5. The van der Waals surface area contributed by atoms with Crippen molar-refractivity contribution in [3.05, 3.63) is 0 Å². The number of carbonyl (C=O) groups is 1. The molecule has 0 aromatic carbocycles. The van der Waals surface area contributed by atoms with E-state index in [0.717, 1.165) is 19.4 Å². The van der Waals surface area contributed by atoms with Crippen LogP contribution in [-0.2, 0) is 4.79 Å². The molecule has 3 N–H and O–H groups in total. The normalized spacial score (nSPS) is 11.1. The van der Waals surface area contributed by atoms with Gasteiger partial charge in [-0.2, -0.15) is 0 Å². The van der Waals surface area contributed by atoms with Gasteiger partial charge in [0.15, 0.2) is 0 Å². The molecule has 0 amide bonds. The van der Waals surface area contributed by atoms with Gasteiger partial charge in [-0.25, -0.2) is 0 Å². The Morgan fingerprint density at radius 1 is 0.425 bits per heavy atom. The van der Waals surface area contributed by atoms with Crippen LogP contribution in [0, 0.1) is 0 Å². The molecule has 0 atom stereocenters. The van der Waals surface area contributed by atoms with E-state index in [1.54, 1.807) is 0 Å². The summed E-state index contributed by atoms with van der Waals surface area (Å²) in [5.41, 5.74) is 0. The zero-order chi connectivity index (χ0) is 29.8. The van der Waals surface area contributed by atoms with Crippen molar-refractivity contribution in [3.63, 3.8) is 0 Å². The topological polar surface area (TPSA) is 81.0 Å². The van der Waals surface area contributed by atoms with Gasteiger partial charge in [-0.05, 0) is 19.4 Å². The second kappa shape index (κ2) is 38.4. The molecule has 0 unspecified atom stereocenters. The van der Waals surface area contributed by atoms with Gasteiger partial charge in [-0.15, -0.1) is 0 Å². The number of carboxylic acids is 1. The number of rotatable bonds is 32. The van der Waals surface area contributed by atoms with Crippen molar-refractivity contribution in [1.29, 1.82) is 0 Å². The molecule has 242 valence electrons. The largest absolute Gasteiger partial charge is 0.481 e. The SMILES string of the molecule is CCCCCCCCCCCC(=O)O.CCCCCCCCCCCCCCCCCCCN(CCO)CCO. The van der Waals surface area contributed by atoms with Crippen molar-refractivity contribution in [2.24, 2.45) is 0 Å². The van der Waals surface area contributed by atoms with Crippen molar-refractivity contribution >= 4 is 5.97 Å². The summed E-state index contributed by atoms with van der Waals surface area (Å²) in [4.78, 5) is 12.4. The van der Waals surface area contributed by atoms with Crippen molar-refractivity contribution in [1.82, 2.24) is 4.90 Å². The molecule has 0 aliphatic heterocycles. The second-order valence-corrected chi connectivity index (χ2v) is 11.9. The molecule has 0 aliphatic carbocycles. The number of aliphatic hydroxyl groups excluding tert-OH is 2. The number of hydrogen-bond acceptors (Lipinski definition) is 4. The Hall–Kier alpha value is -0.650. The first-order valence-electron chi connectivity index (χ1n) is 17.8. The van der Waals surface area contributed by atoms with Crippen LogP contribution >= 0.6 is 0 Å². The van der Waals surface area contributed by atoms with Crippen LogP contribution < -0.4 is 0 Å². The average molecular weight is 572 g/mol. The molecule has 0 saturated carbocycles. The van der Waals surface area contributed by atoms with E-state index >= 15 is 0 Å². The lowest BCUT2D eigenvalue weighted by Gasteiger charge is -2.19. The number of aliphatic hydroxyl groups is 2. The maximum atomic E-state index is 10.2. The highest BCUT2D eigenvalue weighted by atomic mass is 16.4. The lowest BCUT2D eigenvalue weighted by Crippen LogP contribution is -2.30. The monoisotopic (exact) mass is 572 g/mol. The minimum Gasteiger partial charge on any atom is -0.481 e. The summed E-state index contributed by atoms with van der Waals surface area (Å²) in [5, 5.41) is 26.4. The van der Waals surface area contributed by atoms with Gasteiger partial charge < -0.3 is 15.3 Å². The highest BCUT2D eigenvalue weighted by molar-refractivity contribution is 5.66. The molecule has 0 heterocycles. The third-order valence-electron chi connectivity index (χ3n) is 7.90. The summed E-state index contributed by atoms with van der Waals surface area (Å²) in [6.45, 7) is 7.30. The maximum Gasteiger partial charge on any atom is 0.303 e. The van der Waals surface area contributed by atoms with Crippen LogP contribution in [-0.4, -0.2) is 59.0 Å². The van der Waals surface area contributed by atoms with Crippen molar-refractivity contribution in [3.8, 4) is 0 Å². The predicted molar refractivity (Wildman–Crippen MR) is 174 cm³/mol. The Balaban J connectivity index is 0. The predicted octanol–water partition coefficient (Wildman–Crippen LogP) is 9.92. The summed E-state index contributed by atoms with van der Waals surface area (Å²) in [6.07, 6.45) is 35.3. The van der Waals surface area contributed by atoms with Crippen LogP contribution in [0.15, 0.2) is 0 Å².